The number of carbonyl (C=O) groups excluding carboxylic acids is 1. The Balaban J connectivity index is 2.63. The summed E-state index contributed by atoms with van der Waals surface area (Å²) in [6.07, 6.45) is 2.95. The maximum absolute atomic E-state index is 12.0. The van der Waals surface area contributed by atoms with Crippen molar-refractivity contribution in [3.63, 3.8) is 0 Å². The SMILES string of the molecule is COc1cc(C(=O)O)c2c(c1OC)NCCCCCC(=O)N2. The quantitative estimate of drug-likeness (QED) is 0.793. The maximum atomic E-state index is 12.0. The predicted molar refractivity (Wildman–Crippen MR) is 82.1 cm³/mol. The zero-order valence-corrected chi connectivity index (χ0v) is 12.7. The van der Waals surface area contributed by atoms with Gasteiger partial charge in [0.1, 0.15) is 5.69 Å². The highest BCUT2D eigenvalue weighted by molar-refractivity contribution is 6.06. The molecule has 0 fully saturated rings. The van der Waals surface area contributed by atoms with Crippen LogP contribution in [0.25, 0.3) is 0 Å². The molecule has 0 radical (unpaired) electrons. The minimum atomic E-state index is -1.14. The molecule has 0 aliphatic carbocycles. The van der Waals surface area contributed by atoms with Crippen molar-refractivity contribution >= 4 is 23.3 Å². The topological polar surface area (TPSA) is 96.9 Å². The lowest BCUT2D eigenvalue weighted by molar-refractivity contribution is -0.116. The fraction of sp³-hybridized carbons (Fsp3) is 0.467. The van der Waals surface area contributed by atoms with Gasteiger partial charge in [-0.25, -0.2) is 4.79 Å². The van der Waals surface area contributed by atoms with E-state index in [0.717, 1.165) is 19.3 Å². The molecule has 0 saturated heterocycles. The number of fused-ring (bicyclic) bond motifs is 1. The molecule has 0 aromatic heterocycles. The fourth-order valence-electron chi connectivity index (χ4n) is 2.46. The Morgan fingerprint density at radius 1 is 1.18 bits per heavy atom. The van der Waals surface area contributed by atoms with Crippen LogP contribution in [-0.2, 0) is 4.79 Å². The number of carbonyl (C=O) groups is 2. The van der Waals surface area contributed by atoms with Crippen LogP contribution in [0.1, 0.15) is 36.0 Å². The summed E-state index contributed by atoms with van der Waals surface area (Å²) in [5, 5.41) is 15.3. The zero-order chi connectivity index (χ0) is 16.1. The second-order valence-corrected chi connectivity index (χ2v) is 5.00. The van der Waals surface area contributed by atoms with Gasteiger partial charge in [-0.1, -0.05) is 6.42 Å². The van der Waals surface area contributed by atoms with Gasteiger partial charge in [0.05, 0.1) is 25.5 Å². The first-order valence-corrected chi connectivity index (χ1v) is 7.14. The smallest absolute Gasteiger partial charge is 0.338 e. The molecule has 0 unspecified atom stereocenters. The number of methoxy groups -OCH3 is 2. The average Bonchev–Trinajstić information content (AvgIpc) is 2.50. The van der Waals surface area contributed by atoms with Crippen molar-refractivity contribution < 1.29 is 24.2 Å². The van der Waals surface area contributed by atoms with Crippen molar-refractivity contribution in [1.29, 1.82) is 0 Å². The van der Waals surface area contributed by atoms with Crippen molar-refractivity contribution in [2.75, 3.05) is 31.4 Å². The Morgan fingerprint density at radius 2 is 1.95 bits per heavy atom. The second-order valence-electron chi connectivity index (χ2n) is 5.00. The minimum Gasteiger partial charge on any atom is -0.493 e. The summed E-state index contributed by atoms with van der Waals surface area (Å²) in [7, 11) is 2.91. The van der Waals surface area contributed by atoms with Gasteiger partial charge in [0.15, 0.2) is 11.5 Å². The zero-order valence-electron chi connectivity index (χ0n) is 12.7. The van der Waals surface area contributed by atoms with Crippen molar-refractivity contribution in [2.45, 2.75) is 25.7 Å². The summed E-state index contributed by atoms with van der Waals surface area (Å²) in [4.78, 5) is 23.5. The van der Waals surface area contributed by atoms with Crippen molar-refractivity contribution in [2.24, 2.45) is 0 Å². The minimum absolute atomic E-state index is 0.0333. The predicted octanol–water partition coefficient (Wildman–Crippen LogP) is 2.33. The average molecular weight is 308 g/mol. The van der Waals surface area contributed by atoms with Crippen molar-refractivity contribution in [1.82, 2.24) is 0 Å². The molecule has 0 bridgehead atoms. The molecule has 1 amide bonds. The molecule has 0 spiro atoms. The standard InChI is InChI=1S/C15H20N2O5/c1-21-10-8-9(15(19)20)12-13(14(10)22-2)16-7-5-3-4-6-11(18)17-12/h8,16H,3-7H2,1-2H3,(H,17,18)(H,19,20). The molecular formula is C15H20N2O5. The van der Waals surface area contributed by atoms with Gasteiger partial charge in [-0.2, -0.15) is 0 Å². The normalized spacial score (nSPS) is 15.1. The highest BCUT2D eigenvalue weighted by Gasteiger charge is 2.24. The van der Waals surface area contributed by atoms with Crippen LogP contribution in [0.15, 0.2) is 6.07 Å². The van der Waals surface area contributed by atoms with Gasteiger partial charge in [0.25, 0.3) is 0 Å². The number of carboxylic acids is 1. The van der Waals surface area contributed by atoms with Gasteiger partial charge in [-0.3, -0.25) is 4.79 Å². The van der Waals surface area contributed by atoms with E-state index >= 15 is 0 Å². The van der Waals surface area contributed by atoms with Crippen LogP contribution >= 0.6 is 0 Å². The molecule has 1 heterocycles. The molecule has 22 heavy (non-hydrogen) atoms. The van der Waals surface area contributed by atoms with Crippen LogP contribution in [0.4, 0.5) is 11.4 Å². The summed E-state index contributed by atoms with van der Waals surface area (Å²) < 4.78 is 10.5. The number of aromatic carboxylic acids is 1. The molecule has 0 saturated carbocycles. The molecule has 7 heteroatoms. The summed E-state index contributed by atoms with van der Waals surface area (Å²) in [5.41, 5.74) is 0.626. The summed E-state index contributed by atoms with van der Waals surface area (Å²) in [5.74, 6) is -0.670. The van der Waals surface area contributed by atoms with E-state index < -0.39 is 5.97 Å². The van der Waals surface area contributed by atoms with Crippen LogP contribution in [0, 0.1) is 0 Å². The Kier molecular flexibility index (Phi) is 5.08. The fourth-order valence-corrected chi connectivity index (χ4v) is 2.46. The Morgan fingerprint density at radius 3 is 2.59 bits per heavy atom. The molecular weight excluding hydrogens is 288 g/mol. The third-order valence-corrected chi connectivity index (χ3v) is 3.55. The van der Waals surface area contributed by atoms with Gasteiger partial charge >= 0.3 is 5.97 Å². The van der Waals surface area contributed by atoms with Crippen LogP contribution in [0.2, 0.25) is 0 Å². The maximum Gasteiger partial charge on any atom is 0.338 e. The van der Waals surface area contributed by atoms with Gasteiger partial charge in [0, 0.05) is 19.0 Å². The highest BCUT2D eigenvalue weighted by atomic mass is 16.5. The Hall–Kier alpha value is -2.44. The molecule has 1 aliphatic heterocycles. The van der Waals surface area contributed by atoms with Crippen LogP contribution in [-0.4, -0.2) is 37.7 Å². The summed E-state index contributed by atoms with van der Waals surface area (Å²) in [6.45, 7) is 0.658. The Bertz CT molecular complexity index is 586. The van der Waals surface area contributed by atoms with E-state index in [-0.39, 0.29) is 17.2 Å². The lowest BCUT2D eigenvalue weighted by Gasteiger charge is -2.21. The Labute approximate surface area is 128 Å². The summed E-state index contributed by atoms with van der Waals surface area (Å²) >= 11 is 0. The van der Waals surface area contributed by atoms with E-state index in [0.29, 0.717) is 30.2 Å². The van der Waals surface area contributed by atoms with Crippen LogP contribution in [0.3, 0.4) is 0 Å². The van der Waals surface area contributed by atoms with Crippen LogP contribution < -0.4 is 20.1 Å². The lowest BCUT2D eigenvalue weighted by Crippen LogP contribution is -2.19. The number of rotatable bonds is 3. The van der Waals surface area contributed by atoms with Gasteiger partial charge in [-0.15, -0.1) is 0 Å². The lowest BCUT2D eigenvalue weighted by atomic mass is 10.1. The highest BCUT2D eigenvalue weighted by Crippen LogP contribution is 2.43. The number of ether oxygens (including phenoxy) is 2. The van der Waals surface area contributed by atoms with E-state index in [1.165, 1.54) is 20.3 Å². The molecule has 7 nitrogen and oxygen atoms in total. The number of hydrogen-bond acceptors (Lipinski definition) is 5. The number of amides is 1. The first-order chi connectivity index (χ1) is 10.6. The van der Waals surface area contributed by atoms with Gasteiger partial charge in [-0.05, 0) is 12.8 Å². The molecule has 120 valence electrons. The summed E-state index contributed by atoms with van der Waals surface area (Å²) in [6, 6.07) is 1.35. The number of hydrogen-bond donors (Lipinski definition) is 3. The van der Waals surface area contributed by atoms with Gasteiger partial charge < -0.3 is 25.2 Å². The molecule has 1 aromatic rings. The molecule has 1 aliphatic rings. The first-order valence-electron chi connectivity index (χ1n) is 7.14. The second kappa shape index (κ2) is 7.02. The number of nitrogens with one attached hydrogen (secondary N) is 2. The van der Waals surface area contributed by atoms with Gasteiger partial charge in [0.2, 0.25) is 5.91 Å². The molecule has 1 aromatic carbocycles. The van der Waals surface area contributed by atoms with E-state index in [9.17, 15) is 14.7 Å². The van der Waals surface area contributed by atoms with E-state index in [4.69, 9.17) is 9.47 Å². The molecule has 2 rings (SSSR count). The molecule has 0 atom stereocenters. The van der Waals surface area contributed by atoms with Crippen molar-refractivity contribution in [3.05, 3.63) is 11.6 Å². The monoisotopic (exact) mass is 308 g/mol. The first kappa shape index (κ1) is 15.9. The third kappa shape index (κ3) is 3.24. The van der Waals surface area contributed by atoms with Crippen molar-refractivity contribution in [3.8, 4) is 11.5 Å². The largest absolute Gasteiger partial charge is 0.493 e. The number of carboxylic acid groups (broad SMARTS) is 1. The van der Waals surface area contributed by atoms with E-state index in [2.05, 4.69) is 10.6 Å². The number of benzene rings is 1. The third-order valence-electron chi connectivity index (χ3n) is 3.55. The van der Waals surface area contributed by atoms with E-state index in [1.807, 2.05) is 0 Å². The van der Waals surface area contributed by atoms with E-state index in [1.54, 1.807) is 0 Å². The number of anilines is 2. The van der Waals surface area contributed by atoms with Crippen LogP contribution in [0.5, 0.6) is 11.5 Å². The molecule has 3 N–H and O–H groups in total.